The van der Waals surface area contributed by atoms with Crippen LogP contribution < -0.4 is 74.0 Å². The van der Waals surface area contributed by atoms with Crippen LogP contribution in [0.15, 0.2) is 212 Å². The molecular weight excluding hydrogens is 1670 g/mol. The van der Waals surface area contributed by atoms with Gasteiger partial charge in [-0.3, -0.25) is 19.2 Å². The summed E-state index contributed by atoms with van der Waals surface area (Å²) in [5, 5.41) is 36.6. The van der Waals surface area contributed by atoms with Gasteiger partial charge in [-0.1, -0.05) is 131 Å². The Hall–Kier alpha value is -11.6. The lowest BCUT2D eigenvalue weighted by Gasteiger charge is -2.42. The number of nitrogens with zero attached hydrogens (tertiary/aromatic N) is 2. The number of hydrogen-bond donors (Lipinski definition) is 9. The Bertz CT molecular complexity index is 5290. The van der Waals surface area contributed by atoms with Crippen LogP contribution in [-0.2, 0) is 42.6 Å². The van der Waals surface area contributed by atoms with Gasteiger partial charge >= 0.3 is 35.3 Å². The number of nitrogens with one attached hydrogen (secondary N) is 8. The fourth-order valence-corrected chi connectivity index (χ4v) is 23.4. The minimum atomic E-state index is -2.93. The summed E-state index contributed by atoms with van der Waals surface area (Å²) in [6.07, 6.45) is 15.8. The Morgan fingerprint density at radius 3 is 1.33 bits per heavy atom. The highest BCUT2D eigenvalue weighted by molar-refractivity contribution is 8.00. The molecule has 2 aromatic heterocycles. The molecule has 4 saturated heterocycles. The Balaban J connectivity index is 0.000000255. The van der Waals surface area contributed by atoms with Crippen LogP contribution in [0.5, 0.6) is 0 Å². The van der Waals surface area contributed by atoms with E-state index >= 15 is 0 Å². The van der Waals surface area contributed by atoms with Crippen LogP contribution in [0.1, 0.15) is 132 Å². The normalized spacial score (nSPS) is 17.3. The largest absolute Gasteiger partial charge is 0.460 e. The van der Waals surface area contributed by atoms with Gasteiger partial charge in [0.1, 0.15) is 35.5 Å². The summed E-state index contributed by atoms with van der Waals surface area (Å²) in [5.41, 5.74) is 4.36. The molecule has 674 valence electrons. The van der Waals surface area contributed by atoms with Crippen LogP contribution in [0.3, 0.4) is 0 Å². The topological polar surface area (TPSA) is 366 Å². The third-order valence-electron chi connectivity index (χ3n) is 22.4. The summed E-state index contributed by atoms with van der Waals surface area (Å²) in [5.74, 6) is -0.666. The molecule has 6 atom stereocenters. The summed E-state index contributed by atoms with van der Waals surface area (Å²) in [4.78, 5) is 130. The van der Waals surface area contributed by atoms with E-state index in [-0.39, 0.29) is 141 Å². The SMILES string of the molecule is CCN(CC)c1ccc2cc(C(=O)NCCOCCOC(=O)C(/C=C/c3ccc(NC(=O)CCCC[C@@H]4SC[C@@H]5NC(=O)N[C@@H]54)cc3)=C/CO)c(=O)oc2c1.CCN(CC)c1ccc2cc(C(=O)NCCOCCOC(=O)C(/C=C/c3ccc(NC(=O)CCCC[C@@H]4SC[C@@H]5NC(=O)N[C@@H]54)cc3)=C/CO[Si](c3ccccc3)(c3ccccc3)C(C)(C)C)c(=O)oc2c1. The Morgan fingerprint density at radius 2 is 0.929 bits per heavy atom. The van der Waals surface area contributed by atoms with Crippen molar-refractivity contribution in [1.82, 2.24) is 31.9 Å². The quantitative estimate of drug-likeness (QED) is 0.00326. The third kappa shape index (κ3) is 27.0. The van der Waals surface area contributed by atoms with E-state index in [0.29, 0.717) is 56.7 Å². The van der Waals surface area contributed by atoms with Gasteiger partial charge in [0, 0.05) is 120 Å². The summed E-state index contributed by atoms with van der Waals surface area (Å²) in [7, 11) is -2.93. The van der Waals surface area contributed by atoms with Crippen LogP contribution in [0, 0.1) is 0 Å². The maximum Gasteiger partial charge on any atom is 0.349 e. The summed E-state index contributed by atoms with van der Waals surface area (Å²) in [6, 6.07) is 49.8. The molecule has 4 fully saturated rings. The molecule has 0 aliphatic carbocycles. The fraction of sp³-hybridized carbons (Fsp3) is 0.396. The Morgan fingerprint density at radius 1 is 0.512 bits per heavy atom. The smallest absolute Gasteiger partial charge is 0.349 e. The average molecular weight is 1790 g/mol. The van der Waals surface area contributed by atoms with Crippen molar-refractivity contribution in [2.75, 3.05) is 124 Å². The molecule has 8 aromatic rings. The lowest BCUT2D eigenvalue weighted by Crippen LogP contribution is -2.66. The van der Waals surface area contributed by atoms with Gasteiger partial charge in [0.15, 0.2) is 0 Å². The molecule has 0 unspecified atom stereocenters. The standard InChI is InChI=1S/C56H67N5O9SSi.C40H49N5O9S/c1-6-61(7-2)43-29-26-41-36-46(54(65)70-48(41)37-43)52(63)57-31-33-67-34-35-68-53(64)40(30-32-69-72(56(3,4)5,44-16-10-8-11-17-44)45-18-12-9-13-19-45)25-22-39-23-27-42(28-24-39)58-50(62)21-15-14-20-49-51-47(38-71-49)59-55(66)60-51;1-3-45(4-2)30-16-13-28-23-31(39(50)54-33(28)24-30)37(48)41-18-20-52-21-22-53-38(49)27(17-19-46)12-9-26-10-14-29(15-11-26)42-35(47)8-6-5-7-34-36-32(25-55-34)43-40(51)44-36/h8-13,16-19,22-30,36-37,47,49,51H,6-7,14-15,20-21,31-35,38H2,1-5H3,(H,57,63)(H,58,62)(H2,59,60,66);9-17,23-24,32,34,36,46H,3-8,18-22,25H2,1-2H3,(H,41,48)(H,42,47)(H2,43,44,51)/b25-22+,40-30+;12-9+,27-17+/t47-,49-,51-;32-,34-,36-/m00/s1. The number of hydrogen-bond acceptors (Lipinski definition) is 22. The van der Waals surface area contributed by atoms with Crippen molar-refractivity contribution in [3.63, 3.8) is 0 Å². The zero-order valence-electron chi connectivity index (χ0n) is 73.0. The van der Waals surface area contributed by atoms with Crippen molar-refractivity contribution in [3.8, 4) is 0 Å². The lowest BCUT2D eigenvalue weighted by atomic mass is 10.0. The van der Waals surface area contributed by atoms with Gasteiger partial charge in [0.25, 0.3) is 20.1 Å². The molecule has 12 rings (SSSR count). The van der Waals surface area contributed by atoms with Crippen molar-refractivity contribution in [3.05, 3.63) is 236 Å². The second-order valence-corrected chi connectivity index (χ2v) is 38.8. The number of ether oxygens (including phenoxy) is 4. The second kappa shape index (κ2) is 47.8. The maximum atomic E-state index is 13.8. The zero-order chi connectivity index (χ0) is 90.2. The second-order valence-electron chi connectivity index (χ2n) is 31.9. The number of fused-ring (bicyclic) bond motifs is 4. The van der Waals surface area contributed by atoms with Crippen molar-refractivity contribution in [2.24, 2.45) is 0 Å². The molecule has 6 heterocycles. The molecule has 0 bridgehead atoms. The van der Waals surface area contributed by atoms with Crippen LogP contribution in [0.4, 0.5) is 32.3 Å². The first-order valence-electron chi connectivity index (χ1n) is 43.5. The highest BCUT2D eigenvalue weighted by atomic mass is 32.2. The van der Waals surface area contributed by atoms with Gasteiger partial charge in [-0.05, 0) is 165 Å². The number of anilines is 4. The number of aliphatic hydroxyl groups excluding tert-OH is 1. The average Bonchev–Trinajstić information content (AvgIpc) is 1.56. The zero-order valence-corrected chi connectivity index (χ0v) is 75.6. The van der Waals surface area contributed by atoms with E-state index in [1.54, 1.807) is 54.6 Å². The number of amides is 8. The van der Waals surface area contributed by atoms with E-state index in [1.165, 1.54) is 24.3 Å². The summed E-state index contributed by atoms with van der Waals surface area (Å²) < 4.78 is 40.2. The Labute approximate surface area is 749 Å². The molecule has 0 spiro atoms. The molecule has 8 amide bonds. The first-order chi connectivity index (χ1) is 61.5. The van der Waals surface area contributed by atoms with Gasteiger partial charge in [-0.2, -0.15) is 23.5 Å². The van der Waals surface area contributed by atoms with Gasteiger partial charge in [0.05, 0.1) is 75.0 Å². The highest BCUT2D eigenvalue weighted by Crippen LogP contribution is 2.38. The van der Waals surface area contributed by atoms with Gasteiger partial charge in [-0.25, -0.2) is 28.8 Å². The molecule has 31 heteroatoms. The van der Waals surface area contributed by atoms with Crippen LogP contribution in [0.25, 0.3) is 34.1 Å². The van der Waals surface area contributed by atoms with E-state index in [9.17, 15) is 53.1 Å². The summed E-state index contributed by atoms with van der Waals surface area (Å²) >= 11 is 3.74. The monoisotopic (exact) mass is 1790 g/mol. The number of unbranched alkanes of at least 4 members (excludes halogenated alkanes) is 2. The molecule has 4 aliphatic rings. The van der Waals surface area contributed by atoms with Crippen molar-refractivity contribution in [2.45, 2.75) is 140 Å². The number of benzene rings is 6. The molecule has 9 N–H and O–H groups in total. The van der Waals surface area contributed by atoms with Gasteiger partial charge < -0.3 is 89.6 Å². The minimum absolute atomic E-state index is 0.0537. The number of aliphatic hydroxyl groups is 1. The number of carbonyl (C=O) groups is 8. The maximum absolute atomic E-state index is 13.8. The van der Waals surface area contributed by atoms with Gasteiger partial charge in [-0.15, -0.1) is 0 Å². The van der Waals surface area contributed by atoms with E-state index < -0.39 is 43.3 Å². The van der Waals surface area contributed by atoms with Gasteiger partial charge in [0.2, 0.25) is 11.8 Å². The lowest BCUT2D eigenvalue weighted by molar-refractivity contribution is -0.141. The van der Waals surface area contributed by atoms with Crippen LogP contribution in [0.2, 0.25) is 5.04 Å². The summed E-state index contributed by atoms with van der Waals surface area (Å²) in [6.45, 7) is 18.2. The van der Waals surface area contributed by atoms with Crippen LogP contribution >= 0.6 is 23.5 Å². The molecule has 0 saturated carbocycles. The number of thioether (sulfide) groups is 2. The first kappa shape index (κ1) is 96.1. The van der Waals surface area contributed by atoms with Crippen molar-refractivity contribution in [1.29, 1.82) is 0 Å². The number of esters is 2. The Kier molecular flexibility index (Phi) is 36.2. The minimum Gasteiger partial charge on any atom is -0.460 e. The van der Waals surface area contributed by atoms with E-state index in [2.05, 4.69) is 111 Å². The molecule has 28 nitrogen and oxygen atoms in total. The predicted molar refractivity (Wildman–Crippen MR) is 503 cm³/mol. The molecule has 4 aliphatic heterocycles. The highest BCUT2D eigenvalue weighted by Gasteiger charge is 2.50. The number of carbonyl (C=O) groups excluding carboxylic acids is 8. The van der Waals surface area contributed by atoms with Crippen LogP contribution in [-0.4, -0.2) is 199 Å². The van der Waals surface area contributed by atoms with E-state index in [4.69, 9.17) is 32.2 Å². The molecular formula is C96H116N10O18S2Si. The molecule has 0 radical (unpaired) electrons. The number of rotatable bonds is 44. The van der Waals surface area contributed by atoms with Crippen molar-refractivity contribution >= 4 is 147 Å². The molecule has 127 heavy (non-hydrogen) atoms. The van der Waals surface area contributed by atoms with E-state index in [1.807, 2.05) is 128 Å². The third-order valence-corrected chi connectivity index (χ3v) is 30.5. The fourth-order valence-electron chi connectivity index (χ4n) is 15.8. The number of urea groups is 2. The van der Waals surface area contributed by atoms with E-state index in [0.717, 1.165) is 109 Å². The first-order valence-corrected chi connectivity index (χ1v) is 47.5. The predicted octanol–water partition coefficient (Wildman–Crippen LogP) is 12.0. The molecule has 6 aromatic carbocycles. The van der Waals surface area contributed by atoms with Crippen molar-refractivity contribution < 1.29 is 75.7 Å².